The number of carbonyl (C=O) groups is 2. The largest absolute Gasteiger partial charge is 0.480 e. The lowest BCUT2D eigenvalue weighted by Crippen LogP contribution is -2.33. The van der Waals surface area contributed by atoms with E-state index in [4.69, 9.17) is 21.4 Å². The smallest absolute Gasteiger partial charge is 0.335 e. The molecule has 0 saturated carbocycles. The molecule has 0 aliphatic heterocycles. The van der Waals surface area contributed by atoms with Gasteiger partial charge < -0.3 is 15.2 Å². The molecule has 200 valence electrons. The van der Waals surface area contributed by atoms with E-state index in [0.29, 0.717) is 17.1 Å². The van der Waals surface area contributed by atoms with Gasteiger partial charge in [0.2, 0.25) is 5.88 Å². The summed E-state index contributed by atoms with van der Waals surface area (Å²) in [5.74, 6) is -1.72. The van der Waals surface area contributed by atoms with Crippen molar-refractivity contribution in [3.63, 3.8) is 0 Å². The second-order valence-corrected chi connectivity index (χ2v) is 9.14. The van der Waals surface area contributed by atoms with Crippen molar-refractivity contribution in [3.8, 4) is 17.0 Å². The van der Waals surface area contributed by atoms with Crippen molar-refractivity contribution in [1.82, 2.24) is 9.78 Å². The predicted molar refractivity (Wildman–Crippen MR) is 147 cm³/mol. The van der Waals surface area contributed by atoms with Gasteiger partial charge in [0.05, 0.1) is 24.3 Å². The number of hydrogen-bond acceptors (Lipinski definition) is 6. The topological polar surface area (TPSA) is 111 Å². The summed E-state index contributed by atoms with van der Waals surface area (Å²) in [6.45, 7) is -0.931. The Morgan fingerprint density at radius 2 is 1.77 bits per heavy atom. The number of methoxy groups -OCH3 is 1. The molecule has 8 nitrogen and oxygen atoms in total. The van der Waals surface area contributed by atoms with Crippen LogP contribution in [0.15, 0.2) is 83.7 Å². The highest BCUT2D eigenvalue weighted by Crippen LogP contribution is 2.32. The van der Waals surface area contributed by atoms with Gasteiger partial charge >= 0.3 is 5.97 Å². The van der Waals surface area contributed by atoms with Crippen LogP contribution in [0.4, 0.5) is 10.1 Å². The van der Waals surface area contributed by atoms with E-state index < -0.39 is 30.0 Å². The normalized spacial score (nSPS) is 11.6. The fraction of sp³-hybridized carbons (Fsp3) is 0.172. The van der Waals surface area contributed by atoms with E-state index in [2.05, 4.69) is 10.4 Å². The summed E-state index contributed by atoms with van der Waals surface area (Å²) < 4.78 is 20.1. The molecule has 3 aromatic carbocycles. The lowest BCUT2D eigenvalue weighted by Gasteiger charge is -2.22. The van der Waals surface area contributed by atoms with E-state index in [9.17, 15) is 18.8 Å². The number of rotatable bonds is 11. The van der Waals surface area contributed by atoms with Gasteiger partial charge in [-0.25, -0.2) is 13.9 Å². The van der Waals surface area contributed by atoms with E-state index >= 15 is 0 Å². The van der Waals surface area contributed by atoms with Gasteiger partial charge in [-0.3, -0.25) is 9.59 Å². The molecular formula is C29H25ClFN3O5. The molecule has 0 unspecified atom stereocenters. The molecule has 39 heavy (non-hydrogen) atoms. The quantitative estimate of drug-likeness (QED) is 0.244. The first-order chi connectivity index (χ1) is 18.8. The van der Waals surface area contributed by atoms with Gasteiger partial charge in [0.15, 0.2) is 12.5 Å². The predicted octanol–water partition coefficient (Wildman–Crippen LogP) is 5.32. The summed E-state index contributed by atoms with van der Waals surface area (Å²) in [4.78, 5) is 36.9. The molecule has 1 heterocycles. The Hall–Kier alpha value is -4.50. The number of carbonyl (C=O) groups excluding carboxylic acids is 1. The number of anilines is 1. The lowest BCUT2D eigenvalue weighted by molar-refractivity contribution is 0.0696. The zero-order valence-electron chi connectivity index (χ0n) is 20.9. The molecule has 0 bridgehead atoms. The van der Waals surface area contributed by atoms with Crippen LogP contribution >= 0.6 is 11.6 Å². The van der Waals surface area contributed by atoms with Crippen molar-refractivity contribution >= 4 is 29.0 Å². The summed E-state index contributed by atoms with van der Waals surface area (Å²) >= 11 is 6.16. The van der Waals surface area contributed by atoms with Crippen LogP contribution in [0.3, 0.4) is 0 Å². The van der Waals surface area contributed by atoms with Crippen molar-refractivity contribution in [1.29, 1.82) is 0 Å². The zero-order valence-corrected chi connectivity index (χ0v) is 21.7. The fourth-order valence-corrected chi connectivity index (χ4v) is 4.38. The highest BCUT2D eigenvalue weighted by Gasteiger charge is 2.22. The number of carboxylic acid groups (broad SMARTS) is 1. The molecule has 2 N–H and O–H groups in total. The average molecular weight is 550 g/mol. The molecule has 1 aromatic heterocycles. The van der Waals surface area contributed by atoms with Gasteiger partial charge in [0.1, 0.15) is 0 Å². The maximum Gasteiger partial charge on any atom is 0.335 e. The third-order valence-electron chi connectivity index (χ3n) is 6.14. The van der Waals surface area contributed by atoms with Crippen molar-refractivity contribution in [2.75, 3.05) is 25.6 Å². The molecule has 4 rings (SSSR count). The third kappa shape index (κ3) is 6.50. The number of hydrogen-bond donors (Lipinski definition) is 2. The number of nitrogens with zero attached hydrogens (tertiary/aromatic N) is 2. The lowest BCUT2D eigenvalue weighted by atomic mass is 9.98. The van der Waals surface area contributed by atoms with Crippen LogP contribution in [0.2, 0.25) is 5.02 Å². The first-order valence-electron chi connectivity index (χ1n) is 12.0. The molecule has 0 spiro atoms. The molecule has 0 fully saturated rings. The van der Waals surface area contributed by atoms with E-state index in [1.807, 2.05) is 30.3 Å². The molecule has 0 aliphatic carbocycles. The van der Waals surface area contributed by atoms with Crippen molar-refractivity contribution < 1.29 is 23.8 Å². The Balaban J connectivity index is 1.74. The number of Topliss-reactive ketones (excluding diaryl/α,β-unsaturated/α-hetero) is 1. The summed E-state index contributed by atoms with van der Waals surface area (Å²) in [5.41, 5.74) is 1.85. The standard InChI is InChI=1S/C29H25ClFN3O5/c1-39-28-25(24-14-20(30)9-12-23(24)26(35)16-31)15-27(36)34(33-28)22(13-18-5-3-2-4-6-18)17-32-21-10-7-19(8-11-21)29(37)38/h2-12,14-15,22,32H,13,16-17H2,1H3,(H,37,38)/t22-/m0/s1. The maximum atomic E-state index is 13.4. The van der Waals surface area contributed by atoms with Crippen LogP contribution in [0.25, 0.3) is 11.1 Å². The molecule has 0 amide bonds. The Kier molecular flexibility index (Phi) is 8.73. The molecule has 0 saturated heterocycles. The number of ether oxygens (including phenoxy) is 1. The van der Waals surface area contributed by atoms with Crippen LogP contribution < -0.4 is 15.6 Å². The number of halogens is 2. The van der Waals surface area contributed by atoms with Crippen LogP contribution in [0, 0.1) is 0 Å². The third-order valence-corrected chi connectivity index (χ3v) is 6.38. The van der Waals surface area contributed by atoms with Crippen LogP contribution in [-0.2, 0) is 6.42 Å². The van der Waals surface area contributed by atoms with Crippen molar-refractivity contribution in [2.24, 2.45) is 0 Å². The number of benzene rings is 3. The maximum absolute atomic E-state index is 13.4. The Morgan fingerprint density at radius 3 is 2.41 bits per heavy atom. The first-order valence-corrected chi connectivity index (χ1v) is 12.4. The molecule has 4 aromatic rings. The zero-order chi connectivity index (χ0) is 27.9. The second kappa shape index (κ2) is 12.4. The average Bonchev–Trinajstić information content (AvgIpc) is 2.95. The fourth-order valence-electron chi connectivity index (χ4n) is 4.21. The summed E-state index contributed by atoms with van der Waals surface area (Å²) in [7, 11) is 1.39. The number of aromatic nitrogens is 2. The summed E-state index contributed by atoms with van der Waals surface area (Å²) in [5, 5.41) is 17.2. The highest BCUT2D eigenvalue weighted by molar-refractivity contribution is 6.31. The van der Waals surface area contributed by atoms with Gasteiger partial charge in [0.25, 0.3) is 5.56 Å². The van der Waals surface area contributed by atoms with E-state index in [1.54, 1.807) is 12.1 Å². The molecule has 0 radical (unpaired) electrons. The monoisotopic (exact) mass is 549 g/mol. The Morgan fingerprint density at radius 1 is 1.05 bits per heavy atom. The highest BCUT2D eigenvalue weighted by atomic mass is 35.5. The van der Waals surface area contributed by atoms with Gasteiger partial charge in [0, 0.05) is 28.9 Å². The van der Waals surface area contributed by atoms with Gasteiger partial charge in [-0.15, -0.1) is 5.10 Å². The van der Waals surface area contributed by atoms with Gasteiger partial charge in [-0.05, 0) is 60.0 Å². The molecular weight excluding hydrogens is 525 g/mol. The minimum absolute atomic E-state index is 0.0615. The van der Waals surface area contributed by atoms with Crippen LogP contribution in [-0.4, -0.2) is 47.0 Å². The second-order valence-electron chi connectivity index (χ2n) is 8.70. The van der Waals surface area contributed by atoms with Gasteiger partial charge in [-0.1, -0.05) is 41.9 Å². The van der Waals surface area contributed by atoms with E-state index in [-0.39, 0.29) is 34.7 Å². The first kappa shape index (κ1) is 27.5. The van der Waals surface area contributed by atoms with E-state index in [0.717, 1.165) is 5.56 Å². The van der Waals surface area contributed by atoms with Crippen LogP contribution in [0.5, 0.6) is 5.88 Å². The summed E-state index contributed by atoms with van der Waals surface area (Å²) in [6.07, 6.45) is 0.444. The number of aromatic carboxylic acids is 1. The van der Waals surface area contributed by atoms with Crippen molar-refractivity contribution in [3.05, 3.63) is 111 Å². The molecule has 10 heteroatoms. The van der Waals surface area contributed by atoms with Gasteiger partial charge in [-0.2, -0.15) is 0 Å². The minimum atomic E-state index is -1.21. The van der Waals surface area contributed by atoms with E-state index in [1.165, 1.54) is 48.2 Å². The number of nitrogens with one attached hydrogen (secondary N) is 1. The molecule has 0 aliphatic rings. The number of ketones is 1. The summed E-state index contributed by atoms with van der Waals surface area (Å²) in [6, 6.07) is 21.0. The number of alkyl halides is 1. The molecule has 1 atom stereocenters. The SMILES string of the molecule is COc1nn([C@H](CNc2ccc(C(=O)O)cc2)Cc2ccccc2)c(=O)cc1-c1cc(Cl)ccc1C(=O)CF. The Bertz CT molecular complexity index is 1540. The Labute approximate surface area is 228 Å². The minimum Gasteiger partial charge on any atom is -0.480 e. The van der Waals surface area contributed by atoms with Crippen molar-refractivity contribution in [2.45, 2.75) is 12.5 Å². The van der Waals surface area contributed by atoms with Crippen LogP contribution in [0.1, 0.15) is 32.3 Å². The number of carboxylic acids is 1.